The van der Waals surface area contributed by atoms with Gasteiger partial charge in [0.2, 0.25) is 0 Å². The van der Waals surface area contributed by atoms with Gasteiger partial charge in [-0.25, -0.2) is 0 Å². The molecule has 2 N–H and O–H groups in total. The molecule has 0 spiro atoms. The van der Waals surface area contributed by atoms with Crippen LogP contribution >= 0.6 is 0 Å². The number of aliphatic hydroxyl groups excluding tert-OH is 2. The average molecular weight is 337 g/mol. The Balaban J connectivity index is 1.60. The molecule has 4 rings (SSSR count). The van der Waals surface area contributed by atoms with Crippen molar-refractivity contribution in [3.05, 3.63) is 0 Å². The molecule has 0 unspecified atom stereocenters. The zero-order chi connectivity index (χ0) is 17.1. The molecule has 4 fully saturated rings. The highest BCUT2D eigenvalue weighted by atomic mass is 16.5. The maximum atomic E-state index is 10.6. The number of aliphatic hydroxyl groups is 2. The molecule has 138 valence electrons. The first-order valence-corrected chi connectivity index (χ1v) is 10.2. The van der Waals surface area contributed by atoms with Crippen molar-refractivity contribution in [1.82, 2.24) is 0 Å². The first-order valence-electron chi connectivity index (χ1n) is 10.2. The highest BCUT2D eigenvalue weighted by Crippen LogP contribution is 2.66. The third kappa shape index (κ3) is 2.34. The highest BCUT2D eigenvalue weighted by molar-refractivity contribution is 5.10. The predicted octanol–water partition coefficient (Wildman–Crippen LogP) is 3.62. The van der Waals surface area contributed by atoms with Crippen molar-refractivity contribution in [3.63, 3.8) is 0 Å². The van der Waals surface area contributed by atoms with Crippen molar-refractivity contribution in [2.45, 2.75) is 77.4 Å². The largest absolute Gasteiger partial charge is 0.393 e. The van der Waals surface area contributed by atoms with Crippen LogP contribution in [0.5, 0.6) is 0 Å². The molecule has 3 nitrogen and oxygen atoms in total. The number of hydrogen-bond donors (Lipinski definition) is 2. The van der Waals surface area contributed by atoms with Crippen LogP contribution in [0.1, 0.15) is 65.2 Å². The van der Waals surface area contributed by atoms with Crippen molar-refractivity contribution in [2.24, 2.45) is 40.4 Å². The van der Waals surface area contributed by atoms with Crippen molar-refractivity contribution in [1.29, 1.82) is 0 Å². The van der Waals surface area contributed by atoms with Crippen LogP contribution in [0.3, 0.4) is 0 Å². The van der Waals surface area contributed by atoms with Crippen molar-refractivity contribution in [3.8, 4) is 0 Å². The lowest BCUT2D eigenvalue weighted by atomic mass is 9.44. The van der Waals surface area contributed by atoms with Crippen molar-refractivity contribution >= 4 is 0 Å². The minimum absolute atomic E-state index is 0.0802. The van der Waals surface area contributed by atoms with Crippen LogP contribution in [0.25, 0.3) is 0 Å². The minimum Gasteiger partial charge on any atom is -0.393 e. The molecule has 0 heterocycles. The maximum absolute atomic E-state index is 10.6. The van der Waals surface area contributed by atoms with Gasteiger partial charge in [0.25, 0.3) is 0 Å². The Morgan fingerprint density at radius 1 is 0.958 bits per heavy atom. The second-order valence-electron chi connectivity index (χ2n) is 10.0. The summed E-state index contributed by atoms with van der Waals surface area (Å²) in [5.74, 6) is 3.28. The van der Waals surface area contributed by atoms with Crippen molar-refractivity contribution < 1.29 is 14.9 Å². The molecule has 0 aromatic carbocycles. The van der Waals surface area contributed by atoms with E-state index < -0.39 is 0 Å². The van der Waals surface area contributed by atoms with Gasteiger partial charge in [-0.1, -0.05) is 13.8 Å². The molecule has 0 radical (unpaired) electrons. The molecular weight excluding hydrogens is 300 g/mol. The molecule has 4 aliphatic rings. The Morgan fingerprint density at radius 3 is 2.46 bits per heavy atom. The Labute approximate surface area is 147 Å². The molecule has 0 amide bonds. The van der Waals surface area contributed by atoms with Crippen LogP contribution in [0.2, 0.25) is 0 Å². The summed E-state index contributed by atoms with van der Waals surface area (Å²) in [5, 5.41) is 21.1. The lowest BCUT2D eigenvalue weighted by molar-refractivity contribution is -0.153. The van der Waals surface area contributed by atoms with E-state index in [0.29, 0.717) is 23.9 Å². The second-order valence-corrected chi connectivity index (χ2v) is 10.0. The third-order valence-corrected chi connectivity index (χ3v) is 9.17. The molecule has 4 saturated carbocycles. The molecule has 24 heavy (non-hydrogen) atoms. The summed E-state index contributed by atoms with van der Waals surface area (Å²) < 4.78 is 5.42. The van der Waals surface area contributed by atoms with E-state index in [1.165, 1.54) is 32.1 Å². The minimum atomic E-state index is -0.179. The van der Waals surface area contributed by atoms with Crippen LogP contribution in [-0.4, -0.2) is 36.1 Å². The van der Waals surface area contributed by atoms with E-state index in [1.807, 2.05) is 0 Å². The predicted molar refractivity (Wildman–Crippen MR) is 94.5 cm³/mol. The van der Waals surface area contributed by atoms with Gasteiger partial charge in [0.05, 0.1) is 18.8 Å². The lowest BCUT2D eigenvalue weighted by Crippen LogP contribution is -2.56. The van der Waals surface area contributed by atoms with E-state index >= 15 is 0 Å². The highest BCUT2D eigenvalue weighted by Gasteiger charge is 2.60. The molecule has 0 aliphatic heterocycles. The lowest BCUT2D eigenvalue weighted by Gasteiger charge is -2.61. The molecular formula is C21H36O3. The fourth-order valence-electron chi connectivity index (χ4n) is 7.78. The van der Waals surface area contributed by atoms with Gasteiger partial charge in [-0.15, -0.1) is 0 Å². The summed E-state index contributed by atoms with van der Waals surface area (Å²) in [5.41, 5.74) is 0.532. The second kappa shape index (κ2) is 5.96. The van der Waals surface area contributed by atoms with Gasteiger partial charge in [-0.3, -0.25) is 0 Å². The molecule has 3 heteroatoms. The number of hydrogen-bond acceptors (Lipinski definition) is 3. The quantitative estimate of drug-likeness (QED) is 0.810. The van der Waals surface area contributed by atoms with Gasteiger partial charge in [0.1, 0.15) is 0 Å². The topological polar surface area (TPSA) is 49.7 Å². The first-order chi connectivity index (χ1) is 11.4. The summed E-state index contributed by atoms with van der Waals surface area (Å²) in [4.78, 5) is 0. The molecule has 0 aromatic heterocycles. The van der Waals surface area contributed by atoms with Crippen LogP contribution < -0.4 is 0 Å². The van der Waals surface area contributed by atoms with E-state index in [1.54, 1.807) is 7.11 Å². The van der Waals surface area contributed by atoms with Crippen molar-refractivity contribution in [2.75, 3.05) is 13.7 Å². The maximum Gasteiger partial charge on any atom is 0.0596 e. The van der Waals surface area contributed by atoms with Gasteiger partial charge < -0.3 is 14.9 Å². The number of methoxy groups -OCH3 is 1. The van der Waals surface area contributed by atoms with Crippen LogP contribution in [0, 0.1) is 40.4 Å². The summed E-state index contributed by atoms with van der Waals surface area (Å²) in [7, 11) is 1.76. The van der Waals surface area contributed by atoms with Crippen LogP contribution in [0.15, 0.2) is 0 Å². The Kier molecular flexibility index (Phi) is 4.29. The van der Waals surface area contributed by atoms with E-state index in [-0.39, 0.29) is 17.6 Å². The average Bonchev–Trinajstić information content (AvgIpc) is 2.85. The standard InChI is InChI=1S/C21H36O3/c1-20-9-8-17-15(16(20)6-7-19(20)23)5-4-14-10-18(22)13(12-24-3)11-21(14,17)2/h13-19,22-23H,4-12H2,1-3H3/t13-,14-,15+,16+,17+,18-,19+,20+,21+/m1/s1. The van der Waals surface area contributed by atoms with E-state index in [2.05, 4.69) is 13.8 Å². The summed E-state index contributed by atoms with van der Waals surface area (Å²) in [6.07, 6.45) is 9.14. The van der Waals surface area contributed by atoms with Crippen LogP contribution in [-0.2, 0) is 4.74 Å². The van der Waals surface area contributed by atoms with E-state index in [0.717, 1.165) is 37.0 Å². The summed E-state index contributed by atoms with van der Waals surface area (Å²) in [6, 6.07) is 0. The summed E-state index contributed by atoms with van der Waals surface area (Å²) >= 11 is 0. The monoisotopic (exact) mass is 336 g/mol. The molecule has 4 aliphatic carbocycles. The van der Waals surface area contributed by atoms with Gasteiger partial charge in [0.15, 0.2) is 0 Å². The Morgan fingerprint density at radius 2 is 1.71 bits per heavy atom. The normalized spacial score (nSPS) is 57.1. The summed E-state index contributed by atoms with van der Waals surface area (Å²) in [6.45, 7) is 5.58. The first kappa shape index (κ1) is 17.3. The number of fused-ring (bicyclic) bond motifs is 5. The Bertz CT molecular complexity index is 480. The molecule has 0 saturated heterocycles. The SMILES string of the molecule is COC[C@H]1C[C@@]2(C)[C@H](CC[C@@H]3[C@@H]2CC[C@]2(C)[C@@H](O)CC[C@@H]32)C[C@H]1O. The van der Waals surface area contributed by atoms with Gasteiger partial charge in [-0.05, 0) is 85.9 Å². The van der Waals surface area contributed by atoms with E-state index in [4.69, 9.17) is 4.74 Å². The fourth-order valence-corrected chi connectivity index (χ4v) is 7.78. The third-order valence-electron chi connectivity index (χ3n) is 9.17. The van der Waals surface area contributed by atoms with Gasteiger partial charge in [0, 0.05) is 13.0 Å². The smallest absolute Gasteiger partial charge is 0.0596 e. The molecule has 9 atom stereocenters. The fraction of sp³-hybridized carbons (Fsp3) is 1.00. The van der Waals surface area contributed by atoms with E-state index in [9.17, 15) is 10.2 Å². The molecule has 0 aromatic rings. The van der Waals surface area contributed by atoms with Gasteiger partial charge >= 0.3 is 0 Å². The zero-order valence-electron chi connectivity index (χ0n) is 15.7. The number of rotatable bonds is 2. The number of ether oxygens (including phenoxy) is 1. The Hall–Kier alpha value is -0.120. The van der Waals surface area contributed by atoms with Gasteiger partial charge in [-0.2, -0.15) is 0 Å². The molecule has 0 bridgehead atoms. The zero-order valence-corrected chi connectivity index (χ0v) is 15.7. The van der Waals surface area contributed by atoms with Crippen LogP contribution in [0.4, 0.5) is 0 Å².